The largest absolute Gasteiger partial charge is 0.432 e. The van der Waals surface area contributed by atoms with Crippen molar-refractivity contribution in [2.75, 3.05) is 0 Å². The number of halogens is 1. The fraction of sp³-hybridized carbons (Fsp3) is 0.682. The lowest BCUT2D eigenvalue weighted by Gasteiger charge is -2.59. The predicted molar refractivity (Wildman–Crippen MR) is 106 cm³/mol. The summed E-state index contributed by atoms with van der Waals surface area (Å²) in [6.07, 6.45) is 2.49. The van der Waals surface area contributed by atoms with E-state index in [9.17, 15) is 4.79 Å². The van der Waals surface area contributed by atoms with Crippen LogP contribution in [0.2, 0.25) is 0 Å². The van der Waals surface area contributed by atoms with Crippen molar-refractivity contribution in [1.82, 2.24) is 0 Å². The average Bonchev–Trinajstić information content (AvgIpc) is 2.92. The molecule has 1 saturated carbocycles. The number of carbonyl (C=O) groups is 1. The van der Waals surface area contributed by atoms with Crippen molar-refractivity contribution >= 4 is 21.9 Å². The molecule has 1 aromatic carbocycles. The fourth-order valence-electron chi connectivity index (χ4n) is 5.80. The van der Waals surface area contributed by atoms with Crippen molar-refractivity contribution in [3.63, 3.8) is 0 Å². The standard InChI is InChI=1S/C22H27BrO6/c1-12-8-9-16-13(2)19(25-18(24)14-6-4-5-7-17(14)23)26-20-22(16)15(12)10-11-21(3,27-20)28-29-22/h4-7,12-13,15-16,19-20H,8-11H2,1-3H3/t12-,13-,15-,16-,19-,20-,21-,22-/m1/s1. The third-order valence-electron chi connectivity index (χ3n) is 7.41. The number of hydrogen-bond acceptors (Lipinski definition) is 6. The van der Waals surface area contributed by atoms with Crippen molar-refractivity contribution in [3.05, 3.63) is 34.3 Å². The van der Waals surface area contributed by atoms with Crippen LogP contribution in [-0.4, -0.2) is 29.9 Å². The SMILES string of the molecule is C[C@H]1[C@H](OC(=O)c2ccccc2Br)O[C@@H]2O[C@@]3(C)CC[C@@H]4[C@H](C)CC[C@H]1[C@@]24OO3. The molecule has 29 heavy (non-hydrogen) atoms. The summed E-state index contributed by atoms with van der Waals surface area (Å²) in [5.41, 5.74) is -0.169. The molecular formula is C22H27BrO6. The zero-order chi connectivity index (χ0) is 20.4. The normalized spacial score (nSPS) is 45.9. The molecule has 1 aromatic rings. The average molecular weight is 467 g/mol. The van der Waals surface area contributed by atoms with Gasteiger partial charge in [0.25, 0.3) is 0 Å². The van der Waals surface area contributed by atoms with Gasteiger partial charge >= 0.3 is 5.97 Å². The van der Waals surface area contributed by atoms with E-state index < -0.39 is 29.9 Å². The van der Waals surface area contributed by atoms with Gasteiger partial charge in [0.05, 0.1) is 5.56 Å². The van der Waals surface area contributed by atoms with Gasteiger partial charge in [-0.15, -0.1) is 0 Å². The van der Waals surface area contributed by atoms with Gasteiger partial charge in [0.1, 0.15) is 0 Å². The monoisotopic (exact) mass is 466 g/mol. The van der Waals surface area contributed by atoms with Gasteiger partial charge in [0.15, 0.2) is 11.9 Å². The molecule has 8 atom stereocenters. The van der Waals surface area contributed by atoms with Crippen molar-refractivity contribution < 1.29 is 28.8 Å². The molecule has 5 aliphatic rings. The smallest absolute Gasteiger partial charge is 0.341 e. The summed E-state index contributed by atoms with van der Waals surface area (Å²) < 4.78 is 19.1. The van der Waals surface area contributed by atoms with Crippen molar-refractivity contribution in [1.29, 1.82) is 0 Å². The molecule has 0 radical (unpaired) electrons. The Morgan fingerprint density at radius 1 is 1.14 bits per heavy atom. The molecule has 0 N–H and O–H groups in total. The summed E-state index contributed by atoms with van der Waals surface area (Å²) in [4.78, 5) is 24.8. The summed E-state index contributed by atoms with van der Waals surface area (Å²) in [6, 6.07) is 7.24. The summed E-state index contributed by atoms with van der Waals surface area (Å²) >= 11 is 3.42. The molecule has 4 aliphatic heterocycles. The van der Waals surface area contributed by atoms with Gasteiger partial charge in [0.2, 0.25) is 12.1 Å². The highest BCUT2D eigenvalue weighted by molar-refractivity contribution is 9.10. The maximum Gasteiger partial charge on any atom is 0.341 e. The highest BCUT2D eigenvalue weighted by Crippen LogP contribution is 2.60. The van der Waals surface area contributed by atoms with Gasteiger partial charge in [-0.25, -0.2) is 14.6 Å². The maximum atomic E-state index is 12.8. The molecule has 0 unspecified atom stereocenters. The van der Waals surface area contributed by atoms with E-state index in [0.717, 1.165) is 25.7 Å². The van der Waals surface area contributed by atoms with Gasteiger partial charge in [-0.1, -0.05) is 26.0 Å². The fourth-order valence-corrected chi connectivity index (χ4v) is 6.25. The van der Waals surface area contributed by atoms with Crippen LogP contribution < -0.4 is 0 Å². The second kappa shape index (κ2) is 7.02. The number of benzene rings is 1. The Balaban J connectivity index is 1.46. The Hall–Kier alpha value is -0.990. The second-order valence-corrected chi connectivity index (χ2v) is 10.0. The topological polar surface area (TPSA) is 63.2 Å². The zero-order valence-corrected chi connectivity index (χ0v) is 18.5. The first-order valence-corrected chi connectivity index (χ1v) is 11.3. The molecule has 4 saturated heterocycles. The van der Waals surface area contributed by atoms with Crippen LogP contribution in [0.4, 0.5) is 0 Å². The molecule has 0 aromatic heterocycles. The maximum absolute atomic E-state index is 12.8. The lowest BCUT2D eigenvalue weighted by Crippen LogP contribution is -2.70. The van der Waals surface area contributed by atoms with Gasteiger partial charge in [-0.2, -0.15) is 0 Å². The number of carbonyl (C=O) groups excluding carboxylic acids is 1. The van der Waals surface area contributed by atoms with Crippen LogP contribution in [0.15, 0.2) is 28.7 Å². The minimum Gasteiger partial charge on any atom is -0.432 e. The van der Waals surface area contributed by atoms with E-state index in [0.29, 0.717) is 16.0 Å². The first-order valence-electron chi connectivity index (χ1n) is 10.5. The van der Waals surface area contributed by atoms with E-state index in [-0.39, 0.29) is 17.8 Å². The Kier molecular flexibility index (Phi) is 4.83. The number of fused-ring (bicyclic) bond motifs is 2. The van der Waals surface area contributed by atoms with Crippen molar-refractivity contribution in [2.24, 2.45) is 23.7 Å². The molecule has 158 valence electrons. The second-order valence-electron chi connectivity index (χ2n) is 9.16. The minimum atomic E-state index is -0.838. The predicted octanol–water partition coefficient (Wildman–Crippen LogP) is 4.81. The molecule has 5 fully saturated rings. The Bertz CT molecular complexity index is 816. The molecule has 7 heteroatoms. The lowest BCUT2D eigenvalue weighted by molar-refractivity contribution is -0.576. The molecule has 2 bridgehead atoms. The van der Waals surface area contributed by atoms with E-state index in [1.807, 2.05) is 25.1 Å². The van der Waals surface area contributed by atoms with E-state index in [1.165, 1.54) is 0 Å². The molecular weight excluding hydrogens is 440 g/mol. The molecule has 4 heterocycles. The van der Waals surface area contributed by atoms with Crippen LogP contribution >= 0.6 is 15.9 Å². The molecule has 1 aliphatic carbocycles. The van der Waals surface area contributed by atoms with E-state index in [2.05, 4.69) is 29.8 Å². The minimum absolute atomic E-state index is 0.0395. The highest BCUT2D eigenvalue weighted by atomic mass is 79.9. The van der Waals surface area contributed by atoms with E-state index in [4.69, 9.17) is 24.0 Å². The first kappa shape index (κ1) is 19.9. The van der Waals surface area contributed by atoms with Crippen molar-refractivity contribution in [2.45, 2.75) is 70.4 Å². The third kappa shape index (κ3) is 3.00. The Morgan fingerprint density at radius 3 is 2.72 bits per heavy atom. The van der Waals surface area contributed by atoms with Gasteiger partial charge in [-0.05, 0) is 66.1 Å². The van der Waals surface area contributed by atoms with Crippen molar-refractivity contribution in [3.8, 4) is 0 Å². The van der Waals surface area contributed by atoms with E-state index >= 15 is 0 Å². The number of ether oxygens (including phenoxy) is 3. The molecule has 6 rings (SSSR count). The van der Waals surface area contributed by atoms with Crippen LogP contribution in [0.3, 0.4) is 0 Å². The van der Waals surface area contributed by atoms with Crippen LogP contribution in [0, 0.1) is 23.7 Å². The number of esters is 1. The molecule has 1 spiro atoms. The lowest BCUT2D eigenvalue weighted by atomic mass is 9.58. The van der Waals surface area contributed by atoms with Crippen LogP contribution in [0.25, 0.3) is 0 Å². The van der Waals surface area contributed by atoms with Gasteiger partial charge in [-0.3, -0.25) is 0 Å². The first-order chi connectivity index (χ1) is 13.8. The number of hydrogen-bond donors (Lipinski definition) is 0. The van der Waals surface area contributed by atoms with Gasteiger partial charge in [0, 0.05) is 22.7 Å². The highest BCUT2D eigenvalue weighted by Gasteiger charge is 2.69. The van der Waals surface area contributed by atoms with Crippen LogP contribution in [0.1, 0.15) is 56.8 Å². The summed E-state index contributed by atoms with van der Waals surface area (Å²) in [5, 5.41) is 0. The molecule has 0 amide bonds. The zero-order valence-electron chi connectivity index (χ0n) is 16.9. The Labute approximate surface area is 179 Å². The quantitative estimate of drug-likeness (QED) is 0.460. The number of rotatable bonds is 2. The van der Waals surface area contributed by atoms with E-state index in [1.54, 1.807) is 6.07 Å². The summed E-state index contributed by atoms with van der Waals surface area (Å²) in [7, 11) is 0. The van der Waals surface area contributed by atoms with Crippen LogP contribution in [-0.2, 0) is 24.0 Å². The van der Waals surface area contributed by atoms with Gasteiger partial charge < -0.3 is 14.2 Å². The summed E-state index contributed by atoms with van der Waals surface area (Å²) in [6.45, 7) is 6.24. The summed E-state index contributed by atoms with van der Waals surface area (Å²) in [5.74, 6) is -0.373. The Morgan fingerprint density at radius 2 is 1.93 bits per heavy atom. The molecule has 6 nitrogen and oxygen atoms in total. The van der Waals surface area contributed by atoms with Crippen LogP contribution in [0.5, 0.6) is 0 Å². The third-order valence-corrected chi connectivity index (χ3v) is 8.11.